The highest BCUT2D eigenvalue weighted by atomic mass is 79.9. The summed E-state index contributed by atoms with van der Waals surface area (Å²) in [6, 6.07) is 21.7. The highest BCUT2D eigenvalue weighted by molar-refractivity contribution is 9.10. The zero-order valence-corrected chi connectivity index (χ0v) is 20.0. The van der Waals surface area contributed by atoms with Gasteiger partial charge in [0.15, 0.2) is 5.76 Å². The van der Waals surface area contributed by atoms with Gasteiger partial charge in [-0.05, 0) is 47.5 Å². The molecular formula is C25H17BrFN3O3S. The van der Waals surface area contributed by atoms with Crippen molar-refractivity contribution in [2.45, 2.75) is 12.5 Å². The summed E-state index contributed by atoms with van der Waals surface area (Å²) in [6.07, 6.45) is 0. The Balaban J connectivity index is 1.76. The number of fused-ring (bicyclic) bond motifs is 2. The standard InChI is InChI=1S/C25H17BrFN3O3S/c26-17-5-3-4-16(12-17)22-20(13-28)25(29)33-23-19-6-1-2-7-21(19)30(34(31,32)24(22)23)14-15-8-10-18(27)11-9-15/h1-12,22H,14,29H2/t22-/m0/s1. The molecule has 3 aromatic rings. The van der Waals surface area contributed by atoms with Crippen LogP contribution in [-0.4, -0.2) is 8.42 Å². The van der Waals surface area contributed by atoms with Crippen molar-refractivity contribution in [3.63, 3.8) is 0 Å². The predicted octanol–water partition coefficient (Wildman–Crippen LogP) is 5.11. The molecule has 0 spiro atoms. The second kappa shape index (κ2) is 8.31. The number of rotatable bonds is 3. The first kappa shape index (κ1) is 22.2. The Morgan fingerprint density at radius 2 is 1.82 bits per heavy atom. The monoisotopic (exact) mass is 537 g/mol. The second-order valence-electron chi connectivity index (χ2n) is 7.83. The summed E-state index contributed by atoms with van der Waals surface area (Å²) >= 11 is 3.42. The van der Waals surface area contributed by atoms with Crippen LogP contribution in [0.15, 0.2) is 93.6 Å². The number of benzene rings is 3. The topological polar surface area (TPSA) is 96.4 Å². The number of sulfonamides is 1. The fourth-order valence-electron chi connectivity index (χ4n) is 4.25. The molecule has 2 heterocycles. The Morgan fingerprint density at radius 3 is 2.53 bits per heavy atom. The van der Waals surface area contributed by atoms with Gasteiger partial charge < -0.3 is 10.5 Å². The summed E-state index contributed by atoms with van der Waals surface area (Å²) in [5.41, 5.74) is 8.27. The molecule has 0 radical (unpaired) electrons. The summed E-state index contributed by atoms with van der Waals surface area (Å²) in [5.74, 6) is -1.40. The van der Waals surface area contributed by atoms with Crippen LogP contribution in [0.5, 0.6) is 0 Å². The van der Waals surface area contributed by atoms with Gasteiger partial charge >= 0.3 is 0 Å². The Kier molecular flexibility index (Phi) is 5.42. The summed E-state index contributed by atoms with van der Waals surface area (Å²) in [6.45, 7) is -0.0251. The van der Waals surface area contributed by atoms with Crippen LogP contribution in [0.4, 0.5) is 10.1 Å². The Hall–Kier alpha value is -3.61. The summed E-state index contributed by atoms with van der Waals surface area (Å²) < 4.78 is 49.5. The van der Waals surface area contributed by atoms with Crippen LogP contribution in [0.25, 0.3) is 5.76 Å². The van der Waals surface area contributed by atoms with Crippen LogP contribution in [0.1, 0.15) is 22.6 Å². The molecule has 34 heavy (non-hydrogen) atoms. The van der Waals surface area contributed by atoms with Gasteiger partial charge in [-0.25, -0.2) is 12.8 Å². The van der Waals surface area contributed by atoms with Gasteiger partial charge in [0.1, 0.15) is 22.4 Å². The molecule has 2 aliphatic heterocycles. The molecule has 3 aromatic carbocycles. The van der Waals surface area contributed by atoms with E-state index in [9.17, 15) is 18.1 Å². The van der Waals surface area contributed by atoms with Crippen molar-refractivity contribution < 1.29 is 17.5 Å². The maximum absolute atomic E-state index is 14.1. The van der Waals surface area contributed by atoms with E-state index < -0.39 is 21.8 Å². The van der Waals surface area contributed by atoms with Gasteiger partial charge in [-0.2, -0.15) is 5.26 Å². The van der Waals surface area contributed by atoms with E-state index >= 15 is 0 Å². The van der Waals surface area contributed by atoms with Gasteiger partial charge in [-0.15, -0.1) is 0 Å². The van der Waals surface area contributed by atoms with Crippen molar-refractivity contribution >= 4 is 37.4 Å². The molecule has 1 atom stereocenters. The first-order valence-electron chi connectivity index (χ1n) is 10.2. The van der Waals surface area contributed by atoms with Crippen molar-refractivity contribution in [2.24, 2.45) is 5.73 Å². The first-order valence-corrected chi connectivity index (χ1v) is 12.5. The Bertz CT molecular complexity index is 1530. The number of allylic oxidation sites excluding steroid dienone is 2. The van der Waals surface area contributed by atoms with Gasteiger partial charge in [0.2, 0.25) is 5.88 Å². The molecule has 6 nitrogen and oxygen atoms in total. The van der Waals surface area contributed by atoms with Gasteiger partial charge in [-0.1, -0.05) is 52.3 Å². The van der Waals surface area contributed by atoms with Crippen molar-refractivity contribution in [3.8, 4) is 6.07 Å². The fourth-order valence-corrected chi connectivity index (χ4v) is 6.58. The van der Waals surface area contributed by atoms with Gasteiger partial charge in [0.05, 0.1) is 18.2 Å². The number of para-hydroxylation sites is 1. The molecule has 0 bridgehead atoms. The van der Waals surface area contributed by atoms with Crippen LogP contribution in [0.3, 0.4) is 0 Å². The fraction of sp³-hybridized carbons (Fsp3) is 0.0800. The molecule has 0 aromatic heterocycles. The number of halogens is 2. The first-order chi connectivity index (χ1) is 16.3. The zero-order valence-electron chi connectivity index (χ0n) is 17.6. The lowest BCUT2D eigenvalue weighted by Crippen LogP contribution is -2.39. The minimum atomic E-state index is -4.18. The Labute approximate surface area is 204 Å². The average molecular weight is 538 g/mol. The van der Waals surface area contributed by atoms with Crippen LogP contribution < -0.4 is 10.0 Å². The molecule has 170 valence electrons. The zero-order chi connectivity index (χ0) is 24.0. The largest absolute Gasteiger partial charge is 0.439 e. The summed E-state index contributed by atoms with van der Waals surface area (Å²) in [5, 5.41) is 9.90. The van der Waals surface area contributed by atoms with Gasteiger partial charge in [0.25, 0.3) is 10.0 Å². The molecular weight excluding hydrogens is 521 g/mol. The van der Waals surface area contributed by atoms with Gasteiger partial charge in [-0.3, -0.25) is 4.31 Å². The van der Waals surface area contributed by atoms with Gasteiger partial charge in [0, 0.05) is 10.0 Å². The molecule has 0 saturated carbocycles. The third kappa shape index (κ3) is 3.56. The minimum absolute atomic E-state index is 0.0153. The molecule has 0 fully saturated rings. The van der Waals surface area contributed by atoms with Crippen LogP contribution in [0.2, 0.25) is 0 Å². The quantitative estimate of drug-likeness (QED) is 0.500. The molecule has 0 saturated heterocycles. The third-order valence-corrected chi connectivity index (χ3v) is 8.16. The highest BCUT2D eigenvalue weighted by Gasteiger charge is 2.47. The predicted molar refractivity (Wildman–Crippen MR) is 130 cm³/mol. The number of nitriles is 1. The lowest BCUT2D eigenvalue weighted by atomic mass is 9.88. The van der Waals surface area contributed by atoms with E-state index in [0.29, 0.717) is 22.4 Å². The maximum Gasteiger partial charge on any atom is 0.265 e. The molecule has 9 heteroatoms. The number of anilines is 1. The van der Waals surface area contributed by atoms with E-state index in [1.807, 2.05) is 12.1 Å². The van der Waals surface area contributed by atoms with E-state index in [2.05, 4.69) is 15.9 Å². The number of nitrogens with zero attached hydrogens (tertiary/aromatic N) is 2. The number of nitrogens with two attached hydrogens (primary N) is 1. The molecule has 2 aliphatic rings. The maximum atomic E-state index is 14.1. The lowest BCUT2D eigenvalue weighted by molar-refractivity contribution is 0.357. The molecule has 0 unspecified atom stereocenters. The number of hydrogen-bond acceptors (Lipinski definition) is 5. The van der Waals surface area contributed by atoms with E-state index in [1.54, 1.807) is 54.6 Å². The lowest BCUT2D eigenvalue weighted by Gasteiger charge is -2.38. The van der Waals surface area contributed by atoms with Crippen molar-refractivity contribution in [2.75, 3.05) is 4.31 Å². The van der Waals surface area contributed by atoms with Crippen LogP contribution in [0, 0.1) is 17.1 Å². The van der Waals surface area contributed by atoms with E-state index in [0.717, 1.165) is 4.47 Å². The summed E-state index contributed by atoms with van der Waals surface area (Å²) in [4.78, 5) is -0.0582. The Morgan fingerprint density at radius 1 is 1.09 bits per heavy atom. The van der Waals surface area contributed by atoms with E-state index in [-0.39, 0.29) is 28.7 Å². The van der Waals surface area contributed by atoms with Crippen molar-refractivity contribution in [1.82, 2.24) is 0 Å². The van der Waals surface area contributed by atoms with Crippen molar-refractivity contribution in [1.29, 1.82) is 5.26 Å². The van der Waals surface area contributed by atoms with Crippen LogP contribution >= 0.6 is 15.9 Å². The molecule has 0 amide bonds. The normalized spacial score (nSPS) is 18.6. The van der Waals surface area contributed by atoms with E-state index in [1.165, 1.54) is 16.4 Å². The molecule has 0 aliphatic carbocycles. The minimum Gasteiger partial charge on any atom is -0.439 e. The third-order valence-electron chi connectivity index (χ3n) is 5.78. The number of ether oxygens (including phenoxy) is 1. The van der Waals surface area contributed by atoms with Crippen molar-refractivity contribution in [3.05, 3.63) is 116 Å². The van der Waals surface area contributed by atoms with E-state index in [4.69, 9.17) is 10.5 Å². The smallest absolute Gasteiger partial charge is 0.265 e. The SMILES string of the molecule is N#CC1=C(N)OC2=C([C@H]1c1cccc(Br)c1)S(=O)(=O)N(Cc1ccc(F)cc1)c1ccccc12. The molecule has 2 N–H and O–H groups in total. The number of hydrogen-bond donors (Lipinski definition) is 1. The van der Waals surface area contributed by atoms with Crippen LogP contribution in [-0.2, 0) is 21.3 Å². The second-order valence-corrected chi connectivity index (χ2v) is 10.6. The highest BCUT2D eigenvalue weighted by Crippen LogP contribution is 2.51. The summed E-state index contributed by atoms with van der Waals surface area (Å²) in [7, 11) is -4.18. The average Bonchev–Trinajstić information content (AvgIpc) is 2.82. The molecule has 5 rings (SSSR count).